The van der Waals surface area contributed by atoms with E-state index in [4.69, 9.17) is 11.6 Å². The first-order chi connectivity index (χ1) is 11.1. The Hall–Kier alpha value is -1.56. The Kier molecular flexibility index (Phi) is 4.90. The van der Waals surface area contributed by atoms with Crippen molar-refractivity contribution in [1.29, 1.82) is 0 Å². The van der Waals surface area contributed by atoms with E-state index in [1.165, 1.54) is 0 Å². The molecule has 1 atom stereocenters. The van der Waals surface area contributed by atoms with Gasteiger partial charge in [-0.05, 0) is 32.1 Å². The second-order valence-corrected chi connectivity index (χ2v) is 6.83. The fourth-order valence-corrected chi connectivity index (χ4v) is 3.36. The molecule has 6 nitrogen and oxygen atoms in total. The van der Waals surface area contributed by atoms with Crippen LogP contribution < -0.4 is 5.32 Å². The number of likely N-dealkylation sites (tertiary alicyclic amines) is 1. The number of piperidine rings is 1. The van der Waals surface area contributed by atoms with Crippen LogP contribution in [0.5, 0.6) is 0 Å². The molecule has 126 valence electrons. The molecule has 1 saturated heterocycles. The summed E-state index contributed by atoms with van der Waals surface area (Å²) in [5, 5.41) is 10.4. The number of amides is 2. The molecule has 2 aliphatic rings. The van der Waals surface area contributed by atoms with Gasteiger partial charge in [0.25, 0.3) is 5.91 Å². The third kappa shape index (κ3) is 3.52. The summed E-state index contributed by atoms with van der Waals surface area (Å²) in [5.74, 6) is 0.146. The molecule has 1 aliphatic carbocycles. The second kappa shape index (κ2) is 6.91. The number of hydrogen-bond donors (Lipinski definition) is 2. The summed E-state index contributed by atoms with van der Waals surface area (Å²) in [6.07, 6.45) is 4.75. The van der Waals surface area contributed by atoms with E-state index in [2.05, 4.69) is 15.5 Å². The molecule has 0 bridgehead atoms. The maximum atomic E-state index is 12.7. The molecule has 1 aromatic rings. The fraction of sp³-hybridized carbons (Fsp3) is 0.688. The summed E-state index contributed by atoms with van der Waals surface area (Å²) in [4.78, 5) is 26.5. The lowest BCUT2D eigenvalue weighted by Crippen LogP contribution is -2.45. The largest absolute Gasteiger partial charge is 0.356 e. The number of hydrogen-bond acceptors (Lipinski definition) is 3. The monoisotopic (exact) mass is 338 g/mol. The van der Waals surface area contributed by atoms with Crippen molar-refractivity contribution in [2.24, 2.45) is 5.92 Å². The Morgan fingerprint density at radius 2 is 2.17 bits per heavy atom. The van der Waals surface area contributed by atoms with Crippen molar-refractivity contribution in [3.05, 3.63) is 16.4 Å². The minimum atomic E-state index is -0.175. The number of aromatic nitrogens is 2. The lowest BCUT2D eigenvalue weighted by atomic mass is 9.97. The summed E-state index contributed by atoms with van der Waals surface area (Å²) < 4.78 is 0. The lowest BCUT2D eigenvalue weighted by Gasteiger charge is -2.31. The van der Waals surface area contributed by atoms with Crippen LogP contribution in [0.4, 0.5) is 0 Å². The highest BCUT2D eigenvalue weighted by Gasteiger charge is 2.34. The second-order valence-electron chi connectivity index (χ2n) is 6.46. The van der Waals surface area contributed by atoms with Gasteiger partial charge in [-0.1, -0.05) is 18.5 Å². The first-order valence-corrected chi connectivity index (χ1v) is 8.80. The van der Waals surface area contributed by atoms with E-state index < -0.39 is 0 Å². The van der Waals surface area contributed by atoms with Gasteiger partial charge in [-0.3, -0.25) is 14.7 Å². The summed E-state index contributed by atoms with van der Waals surface area (Å²) in [5.41, 5.74) is 1.17. The van der Waals surface area contributed by atoms with Crippen LogP contribution in [-0.2, 0) is 4.79 Å². The Bertz CT molecular complexity index is 597. The van der Waals surface area contributed by atoms with Crippen molar-refractivity contribution < 1.29 is 9.59 Å². The van der Waals surface area contributed by atoms with Gasteiger partial charge < -0.3 is 10.2 Å². The zero-order chi connectivity index (χ0) is 16.4. The average molecular weight is 339 g/mol. The topological polar surface area (TPSA) is 78.1 Å². The summed E-state index contributed by atoms with van der Waals surface area (Å²) in [6, 6.07) is 0. The first kappa shape index (κ1) is 16.3. The number of nitrogens with zero attached hydrogens (tertiary/aromatic N) is 2. The number of carbonyl (C=O) groups excluding carboxylic acids is 2. The standard InChI is InChI=1S/C16H23ClN4O2/c1-2-7-18-15(22)11-4-3-8-21(9-11)16(23)14-12(17)13(19-20-14)10-5-6-10/h10-11H,2-9H2,1H3,(H,18,22)(H,19,20). The zero-order valence-electron chi connectivity index (χ0n) is 13.4. The smallest absolute Gasteiger partial charge is 0.275 e. The highest BCUT2D eigenvalue weighted by molar-refractivity contribution is 6.34. The molecule has 0 spiro atoms. The quantitative estimate of drug-likeness (QED) is 0.864. The van der Waals surface area contributed by atoms with Crippen LogP contribution in [-0.4, -0.2) is 46.5 Å². The number of halogens is 1. The predicted octanol–water partition coefficient (Wildman–Crippen LogP) is 2.32. The maximum absolute atomic E-state index is 12.7. The van der Waals surface area contributed by atoms with Gasteiger partial charge in [-0.2, -0.15) is 5.10 Å². The van der Waals surface area contributed by atoms with Crippen molar-refractivity contribution in [2.75, 3.05) is 19.6 Å². The van der Waals surface area contributed by atoms with Gasteiger partial charge in [0, 0.05) is 25.6 Å². The van der Waals surface area contributed by atoms with Crippen molar-refractivity contribution in [3.8, 4) is 0 Å². The van der Waals surface area contributed by atoms with Crippen LogP contribution >= 0.6 is 11.6 Å². The van der Waals surface area contributed by atoms with Crippen LogP contribution in [0.25, 0.3) is 0 Å². The predicted molar refractivity (Wildman–Crippen MR) is 87.5 cm³/mol. The summed E-state index contributed by atoms with van der Waals surface area (Å²) >= 11 is 6.32. The molecule has 2 fully saturated rings. The third-order valence-electron chi connectivity index (χ3n) is 4.55. The highest BCUT2D eigenvalue weighted by Crippen LogP contribution is 2.43. The van der Waals surface area contributed by atoms with E-state index in [1.807, 2.05) is 6.92 Å². The number of rotatable bonds is 5. The Morgan fingerprint density at radius 1 is 1.39 bits per heavy atom. The Morgan fingerprint density at radius 3 is 2.87 bits per heavy atom. The van der Waals surface area contributed by atoms with Gasteiger partial charge in [0.2, 0.25) is 5.91 Å². The Balaban J connectivity index is 1.66. The van der Waals surface area contributed by atoms with E-state index in [-0.39, 0.29) is 17.7 Å². The molecule has 1 aromatic heterocycles. The molecule has 2 heterocycles. The summed E-state index contributed by atoms with van der Waals surface area (Å²) in [6.45, 7) is 3.79. The third-order valence-corrected chi connectivity index (χ3v) is 4.93. The molecule has 1 aliphatic heterocycles. The molecule has 23 heavy (non-hydrogen) atoms. The molecule has 0 radical (unpaired) electrons. The lowest BCUT2D eigenvalue weighted by molar-refractivity contribution is -0.126. The average Bonchev–Trinajstić information content (AvgIpc) is 3.34. The molecule has 2 N–H and O–H groups in total. The molecular weight excluding hydrogens is 316 g/mol. The first-order valence-electron chi connectivity index (χ1n) is 8.42. The minimum Gasteiger partial charge on any atom is -0.356 e. The van der Waals surface area contributed by atoms with Gasteiger partial charge in [0.15, 0.2) is 5.69 Å². The van der Waals surface area contributed by atoms with Gasteiger partial charge >= 0.3 is 0 Å². The molecule has 7 heteroatoms. The van der Waals surface area contributed by atoms with Crippen molar-refractivity contribution >= 4 is 23.4 Å². The van der Waals surface area contributed by atoms with Crippen LogP contribution in [0.1, 0.15) is 61.1 Å². The number of carbonyl (C=O) groups is 2. The fourth-order valence-electron chi connectivity index (χ4n) is 3.04. The van der Waals surface area contributed by atoms with E-state index >= 15 is 0 Å². The van der Waals surface area contributed by atoms with Gasteiger partial charge in [-0.25, -0.2) is 0 Å². The maximum Gasteiger partial charge on any atom is 0.275 e. The molecule has 1 unspecified atom stereocenters. The Labute approximate surface area is 140 Å². The van der Waals surface area contributed by atoms with Crippen molar-refractivity contribution in [2.45, 2.75) is 44.9 Å². The van der Waals surface area contributed by atoms with E-state index in [0.29, 0.717) is 36.3 Å². The minimum absolute atomic E-state index is 0.0381. The molecular formula is C16H23ClN4O2. The molecule has 3 rings (SSSR count). The van der Waals surface area contributed by atoms with E-state index in [9.17, 15) is 9.59 Å². The van der Waals surface area contributed by atoms with Crippen LogP contribution in [0.3, 0.4) is 0 Å². The van der Waals surface area contributed by atoms with Crippen molar-refractivity contribution in [1.82, 2.24) is 20.4 Å². The van der Waals surface area contributed by atoms with Gasteiger partial charge in [-0.15, -0.1) is 0 Å². The molecule has 2 amide bonds. The highest BCUT2D eigenvalue weighted by atomic mass is 35.5. The van der Waals surface area contributed by atoms with Gasteiger partial charge in [0.1, 0.15) is 0 Å². The van der Waals surface area contributed by atoms with Gasteiger partial charge in [0.05, 0.1) is 16.6 Å². The van der Waals surface area contributed by atoms with E-state index in [1.54, 1.807) is 4.90 Å². The van der Waals surface area contributed by atoms with Crippen molar-refractivity contribution in [3.63, 3.8) is 0 Å². The molecule has 0 aromatic carbocycles. The zero-order valence-corrected chi connectivity index (χ0v) is 14.2. The van der Waals surface area contributed by atoms with E-state index in [0.717, 1.165) is 37.8 Å². The van der Waals surface area contributed by atoms with Crippen LogP contribution in [0.2, 0.25) is 5.02 Å². The SMILES string of the molecule is CCCNC(=O)C1CCCN(C(=O)c2n[nH]c(C3CC3)c2Cl)C1. The normalized spacial score (nSPS) is 21.3. The number of aromatic amines is 1. The van der Waals surface area contributed by atoms with Crippen LogP contribution in [0, 0.1) is 5.92 Å². The summed E-state index contributed by atoms with van der Waals surface area (Å²) in [7, 11) is 0. The number of H-pyrrole nitrogens is 1. The number of nitrogens with one attached hydrogen (secondary N) is 2. The van der Waals surface area contributed by atoms with Crippen LogP contribution in [0.15, 0.2) is 0 Å². The molecule has 1 saturated carbocycles.